The van der Waals surface area contributed by atoms with E-state index in [1.807, 2.05) is 18.2 Å². The van der Waals surface area contributed by atoms with E-state index in [-0.39, 0.29) is 5.69 Å². The second-order valence-corrected chi connectivity index (χ2v) is 5.67. The zero-order valence-corrected chi connectivity index (χ0v) is 14.7. The highest BCUT2D eigenvalue weighted by Crippen LogP contribution is 2.25. The minimum Gasteiger partial charge on any atom is -0.461 e. The Kier molecular flexibility index (Phi) is 6.93. The fourth-order valence-corrected chi connectivity index (χ4v) is 2.79. The predicted octanol–water partition coefficient (Wildman–Crippen LogP) is 3.27. The summed E-state index contributed by atoms with van der Waals surface area (Å²) in [7, 11) is 0. The number of benzene rings is 1. The summed E-state index contributed by atoms with van der Waals surface area (Å²) >= 11 is 0. The van der Waals surface area contributed by atoms with Gasteiger partial charge < -0.3 is 4.74 Å². The number of nitrogens with zero attached hydrogens (tertiary/aromatic N) is 3. The summed E-state index contributed by atoms with van der Waals surface area (Å²) in [5, 5.41) is 10.7. The van der Waals surface area contributed by atoms with Crippen LogP contribution in [0, 0.1) is 0 Å². The number of H-pyrrole nitrogens is 1. The molecule has 0 unspecified atom stereocenters. The molecule has 1 aromatic heterocycles. The van der Waals surface area contributed by atoms with Crippen LogP contribution in [0.4, 0.5) is 0 Å². The number of esters is 1. The largest absolute Gasteiger partial charge is 0.461 e. The van der Waals surface area contributed by atoms with Crippen molar-refractivity contribution in [3.05, 3.63) is 35.5 Å². The molecule has 1 aromatic carbocycles. The van der Waals surface area contributed by atoms with Gasteiger partial charge in [-0.2, -0.15) is 10.3 Å². The molecule has 1 N–H and O–H groups in total. The summed E-state index contributed by atoms with van der Waals surface area (Å²) in [6.45, 7) is 9.38. The Morgan fingerprint density at radius 3 is 2.50 bits per heavy atom. The molecule has 1 heterocycles. The van der Waals surface area contributed by atoms with Crippen molar-refractivity contribution in [1.82, 2.24) is 20.3 Å². The van der Waals surface area contributed by atoms with E-state index in [1.165, 1.54) is 0 Å². The maximum Gasteiger partial charge on any atom is 0.361 e. The van der Waals surface area contributed by atoms with Crippen molar-refractivity contribution in [1.29, 1.82) is 0 Å². The molecule has 0 saturated heterocycles. The molecule has 0 bridgehead atoms. The molecule has 0 amide bonds. The van der Waals surface area contributed by atoms with Gasteiger partial charge in [0.15, 0.2) is 5.69 Å². The van der Waals surface area contributed by atoms with Gasteiger partial charge in [-0.15, -0.1) is 5.10 Å². The van der Waals surface area contributed by atoms with Gasteiger partial charge >= 0.3 is 5.97 Å². The van der Waals surface area contributed by atoms with Gasteiger partial charge in [-0.1, -0.05) is 38.1 Å². The summed E-state index contributed by atoms with van der Waals surface area (Å²) in [5.74, 6) is -0.449. The Morgan fingerprint density at radius 2 is 1.83 bits per heavy atom. The van der Waals surface area contributed by atoms with E-state index < -0.39 is 5.97 Å². The van der Waals surface area contributed by atoms with E-state index in [1.54, 1.807) is 6.92 Å². The highest BCUT2D eigenvalue weighted by atomic mass is 16.5. The molecule has 0 aliphatic heterocycles. The van der Waals surface area contributed by atoms with Gasteiger partial charge in [0.05, 0.1) is 6.61 Å². The minimum atomic E-state index is -0.449. The van der Waals surface area contributed by atoms with Gasteiger partial charge in [-0.25, -0.2) is 4.79 Å². The van der Waals surface area contributed by atoms with Gasteiger partial charge in [0.25, 0.3) is 0 Å². The van der Waals surface area contributed by atoms with Crippen LogP contribution in [0.25, 0.3) is 11.3 Å². The molecule has 0 spiro atoms. The summed E-state index contributed by atoms with van der Waals surface area (Å²) in [6, 6.07) is 8.02. The first-order chi connectivity index (χ1) is 11.7. The number of nitrogens with one attached hydrogen (secondary N) is 1. The second-order valence-electron chi connectivity index (χ2n) is 5.67. The number of carbonyl (C=O) groups excluding carboxylic acids is 1. The number of aromatic amines is 1. The van der Waals surface area contributed by atoms with Gasteiger partial charge in [-0.3, -0.25) is 4.90 Å². The van der Waals surface area contributed by atoms with Crippen molar-refractivity contribution in [2.45, 2.75) is 40.2 Å². The number of rotatable bonds is 9. The van der Waals surface area contributed by atoms with E-state index in [0.29, 0.717) is 12.3 Å². The first-order valence-corrected chi connectivity index (χ1v) is 8.59. The number of hydrogen-bond donors (Lipinski definition) is 1. The molecule has 0 saturated carbocycles. The summed E-state index contributed by atoms with van der Waals surface area (Å²) < 4.78 is 5.07. The molecule has 0 fully saturated rings. The van der Waals surface area contributed by atoms with Gasteiger partial charge in [0.1, 0.15) is 5.69 Å². The number of carbonyl (C=O) groups is 1. The maximum atomic E-state index is 12.1. The molecule has 2 aromatic rings. The van der Waals surface area contributed by atoms with E-state index in [2.05, 4.69) is 40.2 Å². The molecule has 0 aliphatic carbocycles. The Hall–Kier alpha value is -2.21. The highest BCUT2D eigenvalue weighted by molar-refractivity contribution is 5.94. The average Bonchev–Trinajstić information content (AvgIpc) is 3.05. The molecule has 6 heteroatoms. The van der Waals surface area contributed by atoms with Crippen molar-refractivity contribution < 1.29 is 9.53 Å². The fourth-order valence-electron chi connectivity index (χ4n) is 2.79. The Labute approximate surface area is 143 Å². The molecule has 130 valence electrons. The summed E-state index contributed by atoms with van der Waals surface area (Å²) in [5.41, 5.74) is 2.85. The van der Waals surface area contributed by atoms with Crippen LogP contribution in [0.3, 0.4) is 0 Å². The normalized spacial score (nSPS) is 11.0. The van der Waals surface area contributed by atoms with Crippen LogP contribution in [0.1, 0.15) is 49.7 Å². The van der Waals surface area contributed by atoms with E-state index in [9.17, 15) is 4.79 Å². The molecule has 0 aliphatic rings. The van der Waals surface area contributed by atoms with Crippen LogP contribution in [0.2, 0.25) is 0 Å². The van der Waals surface area contributed by atoms with Crippen LogP contribution in [0.5, 0.6) is 0 Å². The van der Waals surface area contributed by atoms with Crippen LogP contribution in [0.15, 0.2) is 24.3 Å². The monoisotopic (exact) mass is 330 g/mol. The smallest absolute Gasteiger partial charge is 0.361 e. The minimum absolute atomic E-state index is 0.238. The quantitative estimate of drug-likeness (QED) is 0.715. The highest BCUT2D eigenvalue weighted by Gasteiger charge is 2.21. The van der Waals surface area contributed by atoms with Crippen molar-refractivity contribution in [2.24, 2.45) is 0 Å². The third-order valence-corrected chi connectivity index (χ3v) is 3.76. The van der Waals surface area contributed by atoms with Crippen LogP contribution in [-0.4, -0.2) is 46.0 Å². The topological polar surface area (TPSA) is 71.1 Å². The zero-order chi connectivity index (χ0) is 17.4. The molecular weight excluding hydrogens is 304 g/mol. The zero-order valence-electron chi connectivity index (χ0n) is 14.7. The molecule has 24 heavy (non-hydrogen) atoms. The van der Waals surface area contributed by atoms with Gasteiger partial charge in [-0.05, 0) is 38.4 Å². The Bertz CT molecular complexity index is 648. The number of ether oxygens (including phenoxy) is 1. The standard InChI is InChI=1S/C18H26N4O2/c1-4-11-22(12-5-2)13-14-9-7-8-10-15(14)16-17(20-21-19-16)18(23)24-6-3/h7-10H,4-6,11-13H2,1-3H3,(H,19,20,21). The lowest BCUT2D eigenvalue weighted by Crippen LogP contribution is -2.25. The van der Waals surface area contributed by atoms with E-state index in [0.717, 1.165) is 43.6 Å². The summed E-state index contributed by atoms with van der Waals surface area (Å²) in [4.78, 5) is 14.5. The summed E-state index contributed by atoms with van der Waals surface area (Å²) in [6.07, 6.45) is 2.22. The van der Waals surface area contributed by atoms with E-state index >= 15 is 0 Å². The number of aromatic nitrogens is 3. The molecular formula is C18H26N4O2. The van der Waals surface area contributed by atoms with Gasteiger partial charge in [0, 0.05) is 12.1 Å². The van der Waals surface area contributed by atoms with Crippen molar-refractivity contribution >= 4 is 5.97 Å². The first kappa shape index (κ1) is 18.1. The van der Waals surface area contributed by atoms with Crippen LogP contribution >= 0.6 is 0 Å². The van der Waals surface area contributed by atoms with E-state index in [4.69, 9.17) is 4.74 Å². The lowest BCUT2D eigenvalue weighted by Gasteiger charge is -2.22. The Balaban J connectivity index is 2.32. The third kappa shape index (κ3) is 4.41. The van der Waals surface area contributed by atoms with Crippen LogP contribution in [-0.2, 0) is 11.3 Å². The van der Waals surface area contributed by atoms with Crippen molar-refractivity contribution in [3.63, 3.8) is 0 Å². The molecule has 0 radical (unpaired) electrons. The second kappa shape index (κ2) is 9.17. The molecule has 6 nitrogen and oxygen atoms in total. The SMILES string of the molecule is CCCN(CCC)Cc1ccccc1-c1n[nH]nc1C(=O)OCC. The molecule has 2 rings (SSSR count). The van der Waals surface area contributed by atoms with Gasteiger partial charge in [0.2, 0.25) is 0 Å². The lowest BCUT2D eigenvalue weighted by molar-refractivity contribution is 0.0520. The predicted molar refractivity (Wildman–Crippen MR) is 93.6 cm³/mol. The van der Waals surface area contributed by atoms with Crippen molar-refractivity contribution in [2.75, 3.05) is 19.7 Å². The maximum absolute atomic E-state index is 12.1. The first-order valence-electron chi connectivity index (χ1n) is 8.59. The number of hydrogen-bond acceptors (Lipinski definition) is 5. The fraction of sp³-hybridized carbons (Fsp3) is 0.500. The third-order valence-electron chi connectivity index (χ3n) is 3.76. The average molecular weight is 330 g/mol. The Morgan fingerprint density at radius 1 is 1.12 bits per heavy atom. The lowest BCUT2D eigenvalue weighted by atomic mass is 10.0. The van der Waals surface area contributed by atoms with Crippen molar-refractivity contribution in [3.8, 4) is 11.3 Å². The van der Waals surface area contributed by atoms with Crippen LogP contribution < -0.4 is 0 Å². The molecule has 0 atom stereocenters.